The van der Waals surface area contributed by atoms with E-state index < -0.39 is 5.97 Å². The highest BCUT2D eigenvalue weighted by molar-refractivity contribution is 7.16. The molecule has 12 rings (SSSR count). The van der Waals surface area contributed by atoms with E-state index >= 15 is 0 Å². The van der Waals surface area contributed by atoms with E-state index in [1.165, 1.54) is 61.9 Å². The molecule has 7 heteroatoms. The lowest BCUT2D eigenvalue weighted by atomic mass is 9.73. The molecule has 0 spiro atoms. The van der Waals surface area contributed by atoms with E-state index in [1.54, 1.807) is 0 Å². The summed E-state index contributed by atoms with van der Waals surface area (Å²) in [7, 11) is 0. The zero-order valence-electron chi connectivity index (χ0n) is 42.4. The fourth-order valence-electron chi connectivity index (χ4n) is 12.4. The summed E-state index contributed by atoms with van der Waals surface area (Å²) in [5, 5.41) is 19.2. The number of aromatic nitrogens is 2. The van der Waals surface area contributed by atoms with Gasteiger partial charge in [-0.25, -0.2) is 14.8 Å². The van der Waals surface area contributed by atoms with E-state index in [1.807, 2.05) is 54.6 Å². The van der Waals surface area contributed by atoms with E-state index in [0.29, 0.717) is 4.88 Å². The van der Waals surface area contributed by atoms with Crippen molar-refractivity contribution in [2.45, 2.75) is 64.2 Å². The molecule has 2 aliphatic rings. The maximum Gasteiger partial charge on any atom is 0.346 e. The highest BCUT2D eigenvalue weighted by atomic mass is 32.1. The van der Waals surface area contributed by atoms with E-state index in [0.717, 1.165) is 97.9 Å². The van der Waals surface area contributed by atoms with Gasteiger partial charge < -0.3 is 10.0 Å². The van der Waals surface area contributed by atoms with Crippen LogP contribution in [-0.4, -0.2) is 21.0 Å². The fourth-order valence-corrected chi connectivity index (χ4v) is 13.4. The Labute approximate surface area is 442 Å². The van der Waals surface area contributed by atoms with Crippen LogP contribution in [-0.2, 0) is 15.6 Å². The van der Waals surface area contributed by atoms with Gasteiger partial charge in [-0.05, 0) is 130 Å². The van der Waals surface area contributed by atoms with E-state index in [9.17, 15) is 15.2 Å². The van der Waals surface area contributed by atoms with Gasteiger partial charge in [-0.3, -0.25) is 0 Å². The number of aliphatic carboxylic acids is 1. The summed E-state index contributed by atoms with van der Waals surface area (Å²) in [6.07, 6.45) is 5.44. The normalized spacial score (nSPS) is 13.7. The predicted octanol–water partition coefficient (Wildman–Crippen LogP) is 18.0. The van der Waals surface area contributed by atoms with Crippen LogP contribution >= 0.6 is 11.3 Å². The largest absolute Gasteiger partial charge is 0.477 e. The number of carbonyl (C=O) groups is 1. The summed E-state index contributed by atoms with van der Waals surface area (Å²) in [5.74, 6) is -1.26. The molecule has 0 radical (unpaired) electrons. The Kier molecular flexibility index (Phi) is 12.0. The molecule has 2 aromatic heterocycles. The number of nitrogens with zero attached hydrogens (tertiary/aromatic N) is 4. The van der Waals surface area contributed by atoms with Crippen LogP contribution in [0.15, 0.2) is 200 Å². The molecule has 0 amide bonds. The lowest BCUT2D eigenvalue weighted by Gasteiger charge is -2.33. The molecular weight excluding hydrogens is 937 g/mol. The van der Waals surface area contributed by atoms with Gasteiger partial charge in [0.2, 0.25) is 0 Å². The van der Waals surface area contributed by atoms with Crippen LogP contribution in [0.2, 0.25) is 0 Å². The van der Waals surface area contributed by atoms with Crippen LogP contribution in [0.25, 0.3) is 83.4 Å². The molecule has 0 aliphatic heterocycles. The van der Waals surface area contributed by atoms with Crippen molar-refractivity contribution in [3.63, 3.8) is 0 Å². The number of nitriles is 1. The average molecular weight is 991 g/mol. The molecule has 6 nitrogen and oxygen atoms in total. The van der Waals surface area contributed by atoms with Gasteiger partial charge in [0.15, 0.2) is 0 Å². The van der Waals surface area contributed by atoms with Gasteiger partial charge in [-0.2, -0.15) is 5.26 Å². The van der Waals surface area contributed by atoms with Gasteiger partial charge in [0, 0.05) is 59.9 Å². The predicted molar refractivity (Wildman–Crippen MR) is 309 cm³/mol. The van der Waals surface area contributed by atoms with Crippen molar-refractivity contribution in [2.75, 3.05) is 4.90 Å². The van der Waals surface area contributed by atoms with Crippen LogP contribution in [0, 0.1) is 11.3 Å². The third kappa shape index (κ3) is 7.62. The summed E-state index contributed by atoms with van der Waals surface area (Å²) in [6, 6.07) is 71.4. The van der Waals surface area contributed by atoms with Crippen LogP contribution in [0.4, 0.5) is 17.1 Å². The lowest BCUT2D eigenvalue weighted by Crippen LogP contribution is -2.24. The Hall–Kier alpha value is -8.70. The second kappa shape index (κ2) is 19.0. The van der Waals surface area contributed by atoms with Gasteiger partial charge in [-0.15, -0.1) is 11.3 Å². The number of thiophene rings is 1. The second-order valence-corrected chi connectivity index (χ2v) is 20.8. The number of carboxylic acids is 1. The molecule has 0 saturated carbocycles. The van der Waals surface area contributed by atoms with Crippen molar-refractivity contribution in [3.8, 4) is 72.4 Å². The third-order valence-electron chi connectivity index (χ3n) is 16.3. The molecule has 8 aromatic carbocycles. The number of benzene rings is 8. The maximum absolute atomic E-state index is 11.8. The van der Waals surface area contributed by atoms with Crippen molar-refractivity contribution in [2.24, 2.45) is 0 Å². The molecule has 10 aromatic rings. The minimum atomic E-state index is -1.26. The van der Waals surface area contributed by atoms with Crippen molar-refractivity contribution in [3.05, 3.63) is 227 Å². The Balaban J connectivity index is 1.05. The summed E-state index contributed by atoms with van der Waals surface area (Å²) in [4.78, 5) is 26.9. The summed E-state index contributed by atoms with van der Waals surface area (Å²) >= 11 is 1.42. The van der Waals surface area contributed by atoms with Gasteiger partial charge >= 0.3 is 5.97 Å². The van der Waals surface area contributed by atoms with Crippen LogP contribution in [0.1, 0.15) is 80.5 Å². The molecule has 0 fully saturated rings. The first-order chi connectivity index (χ1) is 36.7. The summed E-state index contributed by atoms with van der Waals surface area (Å²) < 4.78 is 0. The molecule has 2 aliphatic carbocycles. The van der Waals surface area contributed by atoms with Crippen LogP contribution in [0.3, 0.4) is 0 Å². The van der Waals surface area contributed by atoms with Crippen LogP contribution < -0.4 is 4.90 Å². The monoisotopic (exact) mass is 990 g/mol. The fraction of sp³-hybridized carbons (Fsp3) is 0.147. The Morgan fingerprint density at radius 3 is 1.44 bits per heavy atom. The van der Waals surface area contributed by atoms with Gasteiger partial charge in [0.05, 0.1) is 22.4 Å². The molecule has 2 heterocycles. The Morgan fingerprint density at radius 2 is 0.947 bits per heavy atom. The maximum atomic E-state index is 11.8. The number of hydrogen-bond donors (Lipinski definition) is 1. The first kappa shape index (κ1) is 47.3. The third-order valence-corrected chi connectivity index (χ3v) is 17.4. The molecule has 0 unspecified atom stereocenters. The molecular formula is C68H54N4O2S. The average Bonchev–Trinajstić information content (AvgIpc) is 4.16. The first-order valence-corrected chi connectivity index (χ1v) is 26.9. The number of fused-ring (bicyclic) bond motifs is 7. The molecule has 0 bridgehead atoms. The zero-order valence-corrected chi connectivity index (χ0v) is 43.3. The summed E-state index contributed by atoms with van der Waals surface area (Å²) in [5.41, 5.74) is 21.3. The smallest absolute Gasteiger partial charge is 0.346 e. The van der Waals surface area contributed by atoms with E-state index in [2.05, 4.69) is 178 Å². The molecule has 0 atom stereocenters. The van der Waals surface area contributed by atoms with E-state index in [-0.39, 0.29) is 16.4 Å². The zero-order chi connectivity index (χ0) is 51.4. The number of rotatable bonds is 13. The molecule has 364 valence electrons. The summed E-state index contributed by atoms with van der Waals surface area (Å²) in [6.45, 7) is 9.34. The lowest BCUT2D eigenvalue weighted by molar-refractivity contribution is -0.132. The van der Waals surface area contributed by atoms with Gasteiger partial charge in [0.25, 0.3) is 0 Å². The quantitative estimate of drug-likeness (QED) is 0.0914. The minimum Gasteiger partial charge on any atom is -0.477 e. The van der Waals surface area contributed by atoms with Gasteiger partial charge in [-0.1, -0.05) is 173 Å². The van der Waals surface area contributed by atoms with Crippen molar-refractivity contribution >= 4 is 51.5 Å². The first-order valence-electron chi connectivity index (χ1n) is 26.0. The van der Waals surface area contributed by atoms with Crippen molar-refractivity contribution in [1.82, 2.24) is 9.97 Å². The van der Waals surface area contributed by atoms with E-state index in [4.69, 9.17) is 9.97 Å². The van der Waals surface area contributed by atoms with Gasteiger partial charge in [0.1, 0.15) is 11.6 Å². The number of carboxylic acid groups (broad SMARTS) is 1. The highest BCUT2D eigenvalue weighted by Gasteiger charge is 2.42. The van der Waals surface area contributed by atoms with Crippen molar-refractivity contribution < 1.29 is 9.90 Å². The second-order valence-electron chi connectivity index (χ2n) is 19.7. The topological polar surface area (TPSA) is 90.1 Å². The molecule has 75 heavy (non-hydrogen) atoms. The molecule has 0 saturated heterocycles. The number of anilines is 3. The number of hydrogen-bond acceptors (Lipinski definition) is 6. The Bertz CT molecular complexity index is 3820. The van der Waals surface area contributed by atoms with Crippen molar-refractivity contribution in [1.29, 1.82) is 5.26 Å². The standard InChI is InChI=1S/C68H54N4O2S/c1-5-67(6-2)57-25-17-15-23-52(57)54-34-31-48(40-59(54)67)72(49-32-35-55-53-24-16-18-26-58(53)68(7-3,8-4)60(55)41-49)47-29-27-43(28-30-47)51-36-37-56(61-38-33-50(75-61)39-46(42-69)66(73)74)65-64(51)70-62(44-19-11-9-12-20-44)63(71-65)45-21-13-10-14-22-45/h9-41H,5-8H2,1-4H3,(H,73,74)/b46-39-. The molecule has 1 N–H and O–H groups in total. The van der Waals surface area contributed by atoms with Crippen LogP contribution in [0.5, 0.6) is 0 Å². The SMILES string of the molecule is CCC1(CC)c2ccccc2-c2ccc(N(c3ccc(-c4ccc(-c5ccc(/C=C(/C#N)C(=O)O)s5)c5nc(-c6ccccc6)c(-c6ccccc6)nc45)cc3)c3ccc4c(c3)C(CC)(CC)c3ccccc3-4)cc21. The minimum absolute atomic E-state index is 0.0940. The Morgan fingerprint density at radius 1 is 0.507 bits per heavy atom. The highest BCUT2D eigenvalue weighted by Crippen LogP contribution is 2.56.